The maximum atomic E-state index is 13.1. The molecule has 0 atom stereocenters. The number of sulfonamides is 1. The van der Waals surface area contributed by atoms with Crippen LogP contribution >= 0.6 is 0 Å². The molecule has 9 heteroatoms. The minimum atomic E-state index is -3.72. The number of rotatable bonds is 8. The average Bonchev–Trinajstić information content (AvgIpc) is 3.04. The van der Waals surface area contributed by atoms with Crippen molar-refractivity contribution in [2.24, 2.45) is 0 Å². The van der Waals surface area contributed by atoms with E-state index in [0.717, 1.165) is 37.8 Å². The molecule has 0 aliphatic heterocycles. The van der Waals surface area contributed by atoms with Crippen molar-refractivity contribution in [1.82, 2.24) is 13.4 Å². The zero-order valence-electron chi connectivity index (χ0n) is 18.8. The standard InChI is InChI=1S/C23H27N3O5S/c1-6-31-19-9-7-18(8-10-19)26-16(2)13-21(17(26)3)22(27)15-25-14-20(11-12-23(25)28)32(29,30)24(4)5/h7-14H,6,15H2,1-5H3. The van der Waals surface area contributed by atoms with Crippen molar-refractivity contribution < 1.29 is 17.9 Å². The van der Waals surface area contributed by atoms with Gasteiger partial charge in [0, 0.05) is 49.0 Å². The van der Waals surface area contributed by atoms with E-state index in [0.29, 0.717) is 12.2 Å². The van der Waals surface area contributed by atoms with Gasteiger partial charge in [-0.1, -0.05) is 0 Å². The number of hydrogen-bond donors (Lipinski definition) is 0. The van der Waals surface area contributed by atoms with Crippen LogP contribution in [-0.4, -0.2) is 48.3 Å². The Labute approximate surface area is 187 Å². The first-order chi connectivity index (χ1) is 15.1. The molecule has 1 aromatic carbocycles. The van der Waals surface area contributed by atoms with Crippen molar-refractivity contribution in [3.63, 3.8) is 0 Å². The molecule has 0 unspecified atom stereocenters. The molecule has 2 aromatic heterocycles. The van der Waals surface area contributed by atoms with Crippen molar-refractivity contribution in [2.45, 2.75) is 32.2 Å². The summed E-state index contributed by atoms with van der Waals surface area (Å²) >= 11 is 0. The van der Waals surface area contributed by atoms with E-state index in [1.807, 2.05) is 49.6 Å². The Morgan fingerprint density at radius 1 is 1.06 bits per heavy atom. The molecule has 0 fully saturated rings. The van der Waals surface area contributed by atoms with Gasteiger partial charge in [0.25, 0.3) is 5.56 Å². The van der Waals surface area contributed by atoms with E-state index in [-0.39, 0.29) is 17.2 Å². The van der Waals surface area contributed by atoms with Crippen LogP contribution in [-0.2, 0) is 16.6 Å². The van der Waals surface area contributed by atoms with E-state index in [2.05, 4.69) is 0 Å². The highest BCUT2D eigenvalue weighted by molar-refractivity contribution is 7.89. The molecule has 8 nitrogen and oxygen atoms in total. The summed E-state index contributed by atoms with van der Waals surface area (Å²) in [5, 5.41) is 0. The van der Waals surface area contributed by atoms with E-state index >= 15 is 0 Å². The second kappa shape index (κ2) is 9.13. The minimum Gasteiger partial charge on any atom is -0.494 e. The smallest absolute Gasteiger partial charge is 0.251 e. The van der Waals surface area contributed by atoms with Gasteiger partial charge in [-0.3, -0.25) is 9.59 Å². The van der Waals surface area contributed by atoms with Crippen LogP contribution in [0.25, 0.3) is 5.69 Å². The molecule has 0 bridgehead atoms. The first-order valence-corrected chi connectivity index (χ1v) is 11.6. The lowest BCUT2D eigenvalue weighted by Gasteiger charge is -2.13. The SMILES string of the molecule is CCOc1ccc(-n2c(C)cc(C(=O)Cn3cc(S(=O)(=O)N(C)C)ccc3=O)c2C)cc1. The summed E-state index contributed by atoms with van der Waals surface area (Å²) in [6, 6.07) is 11.8. The molecule has 3 rings (SSSR count). The predicted octanol–water partition coefficient (Wildman–Crippen LogP) is 2.79. The third-order valence-corrected chi connectivity index (χ3v) is 6.98. The molecule has 32 heavy (non-hydrogen) atoms. The molecule has 0 spiro atoms. The number of ketones is 1. The van der Waals surface area contributed by atoms with Gasteiger partial charge in [-0.15, -0.1) is 0 Å². The molecule has 0 aliphatic rings. The number of ether oxygens (including phenoxy) is 1. The summed E-state index contributed by atoms with van der Waals surface area (Å²) in [5.74, 6) is 0.485. The molecule has 170 valence electrons. The van der Waals surface area contributed by atoms with Gasteiger partial charge in [0.05, 0.1) is 18.0 Å². The first-order valence-electron chi connectivity index (χ1n) is 10.1. The average molecular weight is 458 g/mol. The van der Waals surface area contributed by atoms with Crippen LogP contribution in [0.3, 0.4) is 0 Å². The highest BCUT2D eigenvalue weighted by atomic mass is 32.2. The fourth-order valence-electron chi connectivity index (χ4n) is 3.54. The van der Waals surface area contributed by atoms with Gasteiger partial charge in [-0.25, -0.2) is 12.7 Å². The fourth-order valence-corrected chi connectivity index (χ4v) is 4.46. The molecule has 2 heterocycles. The van der Waals surface area contributed by atoms with Gasteiger partial charge in [0.15, 0.2) is 5.78 Å². The number of carbonyl (C=O) groups is 1. The number of benzene rings is 1. The molecule has 0 aliphatic carbocycles. The van der Waals surface area contributed by atoms with Crippen LogP contribution in [0.1, 0.15) is 28.7 Å². The van der Waals surface area contributed by atoms with Crippen molar-refractivity contribution in [3.8, 4) is 11.4 Å². The second-order valence-electron chi connectivity index (χ2n) is 7.59. The Morgan fingerprint density at radius 2 is 1.72 bits per heavy atom. The van der Waals surface area contributed by atoms with E-state index < -0.39 is 15.6 Å². The normalized spacial score (nSPS) is 11.7. The van der Waals surface area contributed by atoms with Crippen molar-refractivity contribution in [3.05, 3.63) is 76.0 Å². The first kappa shape index (κ1) is 23.5. The minimum absolute atomic E-state index is 0.0465. The van der Waals surface area contributed by atoms with Crippen LogP contribution < -0.4 is 10.3 Å². The van der Waals surface area contributed by atoms with Gasteiger partial charge < -0.3 is 13.9 Å². The summed E-state index contributed by atoms with van der Waals surface area (Å²) < 4.78 is 34.4. The van der Waals surface area contributed by atoms with Crippen LogP contribution in [0.5, 0.6) is 5.75 Å². The van der Waals surface area contributed by atoms with Crippen LogP contribution in [0.4, 0.5) is 0 Å². The second-order valence-corrected chi connectivity index (χ2v) is 9.74. The lowest BCUT2D eigenvalue weighted by atomic mass is 10.1. The Balaban J connectivity index is 1.93. The Kier molecular flexibility index (Phi) is 6.71. The molecule has 0 saturated heterocycles. The molecular weight excluding hydrogens is 430 g/mol. The Hall–Kier alpha value is -3.17. The van der Waals surface area contributed by atoms with E-state index in [9.17, 15) is 18.0 Å². The van der Waals surface area contributed by atoms with Gasteiger partial charge in [-0.2, -0.15) is 0 Å². The number of hydrogen-bond acceptors (Lipinski definition) is 5. The topological polar surface area (TPSA) is 90.6 Å². The summed E-state index contributed by atoms with van der Waals surface area (Å²) in [6.07, 6.45) is 1.21. The van der Waals surface area contributed by atoms with Gasteiger partial charge in [0.1, 0.15) is 5.75 Å². The lowest BCUT2D eigenvalue weighted by Crippen LogP contribution is -2.27. The molecule has 0 radical (unpaired) electrons. The fraction of sp³-hybridized carbons (Fsp3) is 0.304. The third kappa shape index (κ3) is 4.53. The summed E-state index contributed by atoms with van der Waals surface area (Å²) in [5.41, 5.74) is 2.52. The molecule has 0 saturated carbocycles. The van der Waals surface area contributed by atoms with Crippen LogP contribution in [0.15, 0.2) is 58.4 Å². The maximum absolute atomic E-state index is 13.1. The number of carbonyl (C=O) groups excluding carboxylic acids is 1. The predicted molar refractivity (Wildman–Crippen MR) is 122 cm³/mol. The number of aryl methyl sites for hydroxylation is 1. The Bertz CT molecular complexity index is 1300. The van der Waals surface area contributed by atoms with Crippen molar-refractivity contribution >= 4 is 15.8 Å². The molecular formula is C23H27N3O5S. The largest absolute Gasteiger partial charge is 0.494 e. The quantitative estimate of drug-likeness (QED) is 0.485. The van der Waals surface area contributed by atoms with E-state index in [1.165, 1.54) is 26.4 Å². The summed E-state index contributed by atoms with van der Waals surface area (Å²) in [4.78, 5) is 25.3. The number of aromatic nitrogens is 2. The van der Waals surface area contributed by atoms with E-state index in [1.54, 1.807) is 6.07 Å². The lowest BCUT2D eigenvalue weighted by molar-refractivity contribution is 0.0970. The van der Waals surface area contributed by atoms with Crippen LogP contribution in [0.2, 0.25) is 0 Å². The zero-order valence-corrected chi connectivity index (χ0v) is 19.6. The molecule has 0 N–H and O–H groups in total. The highest BCUT2D eigenvalue weighted by Crippen LogP contribution is 2.23. The third-order valence-electron chi connectivity index (χ3n) is 5.19. The highest BCUT2D eigenvalue weighted by Gasteiger charge is 2.21. The number of pyridine rings is 1. The summed E-state index contributed by atoms with van der Waals surface area (Å²) in [7, 11) is -0.906. The monoisotopic (exact) mass is 457 g/mol. The Morgan fingerprint density at radius 3 is 2.31 bits per heavy atom. The molecule has 0 amide bonds. The molecule has 3 aromatic rings. The summed E-state index contributed by atoms with van der Waals surface area (Å²) in [6.45, 7) is 5.98. The number of nitrogens with zero attached hydrogens (tertiary/aromatic N) is 3. The zero-order chi connectivity index (χ0) is 23.6. The number of Topliss-reactive ketones (excluding diaryl/α,β-unsaturated/α-hetero) is 1. The van der Waals surface area contributed by atoms with Gasteiger partial charge in [0.2, 0.25) is 10.0 Å². The van der Waals surface area contributed by atoms with Gasteiger partial charge >= 0.3 is 0 Å². The van der Waals surface area contributed by atoms with Crippen molar-refractivity contribution in [2.75, 3.05) is 20.7 Å². The van der Waals surface area contributed by atoms with Gasteiger partial charge in [-0.05, 0) is 57.2 Å². The maximum Gasteiger partial charge on any atom is 0.251 e. The van der Waals surface area contributed by atoms with Crippen molar-refractivity contribution in [1.29, 1.82) is 0 Å². The van der Waals surface area contributed by atoms with Crippen LogP contribution in [0, 0.1) is 13.8 Å². The van der Waals surface area contributed by atoms with E-state index in [4.69, 9.17) is 4.74 Å².